The number of nitrogens with two attached hydrogens (primary N) is 1. The van der Waals surface area contributed by atoms with Crippen molar-refractivity contribution in [2.75, 3.05) is 19.5 Å². The Morgan fingerprint density at radius 3 is 2.81 bits per heavy atom. The van der Waals surface area contributed by atoms with Crippen molar-refractivity contribution in [2.45, 2.75) is 32.1 Å². The van der Waals surface area contributed by atoms with E-state index in [4.69, 9.17) is 10.5 Å². The number of ketones is 1. The molecule has 5 nitrogen and oxygen atoms in total. The van der Waals surface area contributed by atoms with Crippen LogP contribution in [0.4, 0.5) is 5.00 Å². The molecule has 1 aromatic rings. The first-order chi connectivity index (χ1) is 9.98. The maximum atomic E-state index is 13.0. The van der Waals surface area contributed by atoms with Gasteiger partial charge in [-0.1, -0.05) is 12.8 Å². The first-order valence-electron chi connectivity index (χ1n) is 7.16. The summed E-state index contributed by atoms with van der Waals surface area (Å²) in [4.78, 5) is 24.8. The van der Waals surface area contributed by atoms with E-state index in [1.807, 2.05) is 0 Å². The second-order valence-electron chi connectivity index (χ2n) is 6.14. The zero-order chi connectivity index (χ0) is 15.2. The molecule has 1 atom stereocenters. The van der Waals surface area contributed by atoms with E-state index in [0.29, 0.717) is 35.8 Å². The van der Waals surface area contributed by atoms with Crippen LogP contribution in [-0.4, -0.2) is 30.6 Å². The fourth-order valence-electron chi connectivity index (χ4n) is 3.40. The molecule has 6 heteroatoms. The lowest BCUT2D eigenvalue weighted by Crippen LogP contribution is -2.40. The molecule has 0 radical (unpaired) electrons. The standard InChI is InChI=1S/C15H19NO4S/c1-20-7-15(6-8-2-3-8)5-4-9-10(14(18)19)13(16)21-11(9)12(15)17/h8H,2-7,16H2,1H3,(H,18,19). The number of aromatic carboxylic acids is 1. The predicted molar refractivity (Wildman–Crippen MR) is 80.0 cm³/mol. The number of methoxy groups -OCH3 is 1. The largest absolute Gasteiger partial charge is 0.478 e. The monoisotopic (exact) mass is 309 g/mol. The van der Waals surface area contributed by atoms with Crippen LogP contribution in [0.1, 0.15) is 51.3 Å². The summed E-state index contributed by atoms with van der Waals surface area (Å²) >= 11 is 1.12. The molecule has 3 rings (SSSR count). The fraction of sp³-hybridized carbons (Fsp3) is 0.600. The van der Waals surface area contributed by atoms with Gasteiger partial charge in [0.2, 0.25) is 0 Å². The minimum atomic E-state index is -1.04. The van der Waals surface area contributed by atoms with Crippen molar-refractivity contribution in [3.8, 4) is 0 Å². The SMILES string of the molecule is COCC1(CC2CC2)CCc2c(sc(N)c2C(=O)O)C1=O. The number of rotatable bonds is 5. The summed E-state index contributed by atoms with van der Waals surface area (Å²) in [5, 5.41) is 9.51. The molecule has 0 aliphatic heterocycles. The molecule has 1 saturated carbocycles. The number of thiophene rings is 1. The van der Waals surface area contributed by atoms with Gasteiger partial charge in [-0.25, -0.2) is 4.79 Å². The van der Waals surface area contributed by atoms with Crippen molar-refractivity contribution in [3.05, 3.63) is 16.0 Å². The Morgan fingerprint density at radius 1 is 1.52 bits per heavy atom. The maximum absolute atomic E-state index is 13.0. The lowest BCUT2D eigenvalue weighted by Gasteiger charge is -2.35. The van der Waals surface area contributed by atoms with Crippen molar-refractivity contribution in [1.29, 1.82) is 0 Å². The molecule has 1 fully saturated rings. The number of ether oxygens (including phenoxy) is 1. The van der Waals surface area contributed by atoms with Gasteiger partial charge in [0.05, 0.1) is 22.5 Å². The molecular formula is C15H19NO4S. The van der Waals surface area contributed by atoms with E-state index < -0.39 is 11.4 Å². The summed E-state index contributed by atoms with van der Waals surface area (Å²) in [6.07, 6.45) is 4.45. The quantitative estimate of drug-likeness (QED) is 0.872. The van der Waals surface area contributed by atoms with Gasteiger partial charge in [0.15, 0.2) is 5.78 Å². The molecule has 1 unspecified atom stereocenters. The highest BCUT2D eigenvalue weighted by Gasteiger charge is 2.48. The summed E-state index contributed by atoms with van der Waals surface area (Å²) in [6.45, 7) is 0.405. The second kappa shape index (κ2) is 5.10. The predicted octanol–water partition coefficient (Wildman–Crippen LogP) is 2.59. The Labute approximate surface area is 127 Å². The van der Waals surface area contributed by atoms with Gasteiger partial charge in [-0.05, 0) is 30.7 Å². The normalized spacial score (nSPS) is 24.9. The van der Waals surface area contributed by atoms with Crippen LogP contribution in [0.15, 0.2) is 0 Å². The van der Waals surface area contributed by atoms with Crippen molar-refractivity contribution >= 4 is 28.1 Å². The zero-order valence-electron chi connectivity index (χ0n) is 12.0. The van der Waals surface area contributed by atoms with Crippen molar-refractivity contribution in [2.24, 2.45) is 11.3 Å². The second-order valence-corrected chi connectivity index (χ2v) is 7.20. The van der Waals surface area contributed by atoms with Gasteiger partial charge in [0.25, 0.3) is 0 Å². The number of carboxylic acids is 1. The number of carboxylic acid groups (broad SMARTS) is 1. The molecule has 21 heavy (non-hydrogen) atoms. The minimum absolute atomic E-state index is 0.0294. The third-order valence-electron chi connectivity index (χ3n) is 4.59. The molecule has 0 aromatic carbocycles. The lowest BCUT2D eigenvalue weighted by molar-refractivity contribution is 0.0417. The van der Waals surface area contributed by atoms with E-state index in [2.05, 4.69) is 0 Å². The van der Waals surface area contributed by atoms with Gasteiger partial charge in [0.1, 0.15) is 5.00 Å². The van der Waals surface area contributed by atoms with Crippen LogP contribution in [0, 0.1) is 11.3 Å². The average Bonchev–Trinajstić information content (AvgIpc) is 3.15. The number of hydrogen-bond donors (Lipinski definition) is 2. The van der Waals surface area contributed by atoms with Crippen molar-refractivity contribution in [1.82, 2.24) is 0 Å². The first-order valence-corrected chi connectivity index (χ1v) is 7.98. The third-order valence-corrected chi connectivity index (χ3v) is 5.65. The molecule has 0 saturated heterocycles. The summed E-state index contributed by atoms with van der Waals surface area (Å²) in [6, 6.07) is 0. The number of fused-ring (bicyclic) bond motifs is 1. The lowest BCUT2D eigenvalue weighted by atomic mass is 9.70. The Morgan fingerprint density at radius 2 is 2.24 bits per heavy atom. The van der Waals surface area contributed by atoms with Crippen LogP contribution in [0.5, 0.6) is 0 Å². The van der Waals surface area contributed by atoms with E-state index >= 15 is 0 Å². The first kappa shape index (κ1) is 14.5. The summed E-state index contributed by atoms with van der Waals surface area (Å²) in [5.41, 5.74) is 6.07. The van der Waals surface area contributed by atoms with E-state index in [9.17, 15) is 14.7 Å². The van der Waals surface area contributed by atoms with Gasteiger partial charge in [-0.2, -0.15) is 0 Å². The molecule has 0 bridgehead atoms. The van der Waals surface area contributed by atoms with E-state index in [1.165, 1.54) is 12.8 Å². The van der Waals surface area contributed by atoms with Crippen molar-refractivity contribution in [3.63, 3.8) is 0 Å². The Balaban J connectivity index is 2.00. The van der Waals surface area contributed by atoms with Crippen LogP contribution < -0.4 is 5.73 Å². The summed E-state index contributed by atoms with van der Waals surface area (Å²) < 4.78 is 5.32. The Bertz CT molecular complexity index is 605. The fourth-order valence-corrected chi connectivity index (χ4v) is 4.57. The third kappa shape index (κ3) is 2.36. The van der Waals surface area contributed by atoms with Crippen LogP contribution in [0.25, 0.3) is 0 Å². The molecule has 2 aliphatic rings. The molecule has 2 aliphatic carbocycles. The van der Waals surface area contributed by atoms with E-state index in [-0.39, 0.29) is 16.3 Å². The van der Waals surface area contributed by atoms with Gasteiger partial charge in [0, 0.05) is 7.11 Å². The molecule has 1 heterocycles. The minimum Gasteiger partial charge on any atom is -0.478 e. The zero-order valence-corrected chi connectivity index (χ0v) is 12.8. The van der Waals surface area contributed by atoms with Crippen LogP contribution in [0.2, 0.25) is 0 Å². The molecule has 114 valence electrons. The summed E-state index contributed by atoms with van der Waals surface area (Å²) in [5.74, 6) is -0.400. The van der Waals surface area contributed by atoms with E-state index in [0.717, 1.165) is 17.8 Å². The van der Waals surface area contributed by atoms with E-state index in [1.54, 1.807) is 7.11 Å². The molecule has 0 amide bonds. The summed E-state index contributed by atoms with van der Waals surface area (Å²) in [7, 11) is 1.61. The molecule has 3 N–H and O–H groups in total. The van der Waals surface area contributed by atoms with Gasteiger partial charge in [-0.15, -0.1) is 11.3 Å². The number of carbonyl (C=O) groups excluding carboxylic acids is 1. The molecule has 0 spiro atoms. The maximum Gasteiger partial charge on any atom is 0.338 e. The number of hydrogen-bond acceptors (Lipinski definition) is 5. The van der Waals surface area contributed by atoms with Gasteiger partial charge in [-0.3, -0.25) is 4.79 Å². The molecule has 1 aromatic heterocycles. The van der Waals surface area contributed by atoms with Crippen LogP contribution >= 0.6 is 11.3 Å². The van der Waals surface area contributed by atoms with Crippen molar-refractivity contribution < 1.29 is 19.4 Å². The highest BCUT2D eigenvalue weighted by molar-refractivity contribution is 7.18. The number of nitrogen functional groups attached to an aromatic ring is 1. The Hall–Kier alpha value is -1.40. The van der Waals surface area contributed by atoms with Crippen LogP contribution in [0.3, 0.4) is 0 Å². The Kier molecular flexibility index (Phi) is 3.53. The number of anilines is 1. The highest BCUT2D eigenvalue weighted by atomic mass is 32.1. The smallest absolute Gasteiger partial charge is 0.338 e. The van der Waals surface area contributed by atoms with Gasteiger partial charge >= 0.3 is 5.97 Å². The van der Waals surface area contributed by atoms with Gasteiger partial charge < -0.3 is 15.6 Å². The topological polar surface area (TPSA) is 89.6 Å². The molecular weight excluding hydrogens is 290 g/mol. The number of Topliss-reactive ketones (excluding diaryl/α,β-unsaturated/α-hetero) is 1. The number of carbonyl (C=O) groups is 2. The van der Waals surface area contributed by atoms with Crippen LogP contribution in [-0.2, 0) is 11.2 Å². The highest BCUT2D eigenvalue weighted by Crippen LogP contribution is 2.49. The average molecular weight is 309 g/mol.